The van der Waals surface area contributed by atoms with Crippen molar-refractivity contribution in [2.45, 2.75) is 110 Å². The maximum absolute atomic E-state index is 5.81. The van der Waals surface area contributed by atoms with Gasteiger partial charge in [-0.3, -0.25) is 0 Å². The first-order valence-electron chi connectivity index (χ1n) is 9.30. The number of nitrogens with two attached hydrogens (primary N) is 1. The topological polar surface area (TPSA) is 38.0 Å². The smallest absolute Gasteiger partial charge is 0.0543 e. The van der Waals surface area contributed by atoms with Gasteiger partial charge in [-0.05, 0) is 19.4 Å². The van der Waals surface area contributed by atoms with E-state index in [1.165, 1.54) is 83.5 Å². The van der Waals surface area contributed by atoms with E-state index in [0.29, 0.717) is 0 Å². The van der Waals surface area contributed by atoms with Crippen LogP contribution in [0.1, 0.15) is 104 Å². The first-order chi connectivity index (χ1) is 9.81. The van der Waals surface area contributed by atoms with Crippen molar-refractivity contribution in [2.75, 3.05) is 6.54 Å². The van der Waals surface area contributed by atoms with Gasteiger partial charge in [-0.2, -0.15) is 0 Å². The van der Waals surface area contributed by atoms with Gasteiger partial charge in [-0.1, -0.05) is 90.9 Å². The molecule has 0 heterocycles. The summed E-state index contributed by atoms with van der Waals surface area (Å²) in [7, 11) is 0. The maximum atomic E-state index is 5.81. The highest BCUT2D eigenvalue weighted by molar-refractivity contribution is 4.56. The SMILES string of the molecule is CCCCCCCCCCCCCCCNC(N)CC. The van der Waals surface area contributed by atoms with Crippen molar-refractivity contribution in [3.63, 3.8) is 0 Å². The van der Waals surface area contributed by atoms with Crippen LogP contribution >= 0.6 is 0 Å². The first-order valence-corrected chi connectivity index (χ1v) is 9.30. The van der Waals surface area contributed by atoms with Crippen LogP contribution in [0.3, 0.4) is 0 Å². The molecule has 2 heteroatoms. The maximum Gasteiger partial charge on any atom is 0.0543 e. The molecule has 1 atom stereocenters. The van der Waals surface area contributed by atoms with Gasteiger partial charge in [0, 0.05) is 0 Å². The summed E-state index contributed by atoms with van der Waals surface area (Å²) in [6.45, 7) is 5.50. The van der Waals surface area contributed by atoms with E-state index in [1.807, 2.05) is 0 Å². The van der Waals surface area contributed by atoms with Gasteiger partial charge in [-0.15, -0.1) is 0 Å². The van der Waals surface area contributed by atoms with Gasteiger partial charge < -0.3 is 11.1 Å². The number of hydrogen-bond donors (Lipinski definition) is 2. The third-order valence-corrected chi connectivity index (χ3v) is 4.13. The second kappa shape index (κ2) is 17.0. The summed E-state index contributed by atoms with van der Waals surface area (Å²) in [4.78, 5) is 0. The van der Waals surface area contributed by atoms with Crippen molar-refractivity contribution in [2.24, 2.45) is 5.73 Å². The summed E-state index contributed by atoms with van der Waals surface area (Å²) >= 11 is 0. The monoisotopic (exact) mass is 284 g/mol. The molecular formula is C18H40N2. The minimum absolute atomic E-state index is 0.201. The van der Waals surface area contributed by atoms with E-state index >= 15 is 0 Å². The van der Waals surface area contributed by atoms with Gasteiger partial charge in [0.2, 0.25) is 0 Å². The molecule has 0 amide bonds. The van der Waals surface area contributed by atoms with Crippen molar-refractivity contribution in [3.8, 4) is 0 Å². The van der Waals surface area contributed by atoms with Crippen LogP contribution in [0.5, 0.6) is 0 Å². The number of hydrogen-bond acceptors (Lipinski definition) is 2. The lowest BCUT2D eigenvalue weighted by Crippen LogP contribution is -2.37. The summed E-state index contributed by atoms with van der Waals surface area (Å²) in [6, 6.07) is 0. The fourth-order valence-corrected chi connectivity index (χ4v) is 2.57. The van der Waals surface area contributed by atoms with Crippen molar-refractivity contribution in [1.82, 2.24) is 5.32 Å². The van der Waals surface area contributed by atoms with Crippen molar-refractivity contribution in [3.05, 3.63) is 0 Å². The van der Waals surface area contributed by atoms with E-state index in [-0.39, 0.29) is 6.17 Å². The summed E-state index contributed by atoms with van der Waals surface area (Å²) in [5, 5.41) is 3.35. The number of unbranched alkanes of at least 4 members (excludes halogenated alkanes) is 12. The molecule has 1 unspecified atom stereocenters. The van der Waals surface area contributed by atoms with Crippen LogP contribution in [-0.4, -0.2) is 12.7 Å². The van der Waals surface area contributed by atoms with Crippen LogP contribution in [-0.2, 0) is 0 Å². The summed E-state index contributed by atoms with van der Waals surface area (Å²) in [5.41, 5.74) is 5.81. The highest BCUT2D eigenvalue weighted by Crippen LogP contribution is 2.12. The zero-order valence-corrected chi connectivity index (χ0v) is 14.3. The Labute approximate surface area is 128 Å². The van der Waals surface area contributed by atoms with Crippen LogP contribution < -0.4 is 11.1 Å². The van der Waals surface area contributed by atoms with Gasteiger partial charge >= 0.3 is 0 Å². The molecule has 2 nitrogen and oxygen atoms in total. The average Bonchev–Trinajstić information content (AvgIpc) is 2.47. The van der Waals surface area contributed by atoms with Crippen LogP contribution in [0.2, 0.25) is 0 Å². The minimum atomic E-state index is 0.201. The molecule has 0 aromatic rings. The summed E-state index contributed by atoms with van der Waals surface area (Å²) in [5.74, 6) is 0. The lowest BCUT2D eigenvalue weighted by molar-refractivity contribution is 0.486. The zero-order valence-electron chi connectivity index (χ0n) is 14.3. The van der Waals surface area contributed by atoms with E-state index in [9.17, 15) is 0 Å². The summed E-state index contributed by atoms with van der Waals surface area (Å²) < 4.78 is 0. The zero-order chi connectivity index (χ0) is 14.9. The van der Waals surface area contributed by atoms with E-state index in [1.54, 1.807) is 0 Å². The molecule has 0 aliphatic carbocycles. The molecule has 20 heavy (non-hydrogen) atoms. The van der Waals surface area contributed by atoms with Crippen molar-refractivity contribution < 1.29 is 0 Å². The van der Waals surface area contributed by atoms with E-state index < -0.39 is 0 Å². The van der Waals surface area contributed by atoms with E-state index in [0.717, 1.165) is 13.0 Å². The largest absolute Gasteiger partial charge is 0.316 e. The van der Waals surface area contributed by atoms with Gasteiger partial charge in [0.05, 0.1) is 6.17 Å². The Kier molecular flexibility index (Phi) is 16.9. The molecule has 0 saturated carbocycles. The van der Waals surface area contributed by atoms with E-state index in [2.05, 4.69) is 19.2 Å². The van der Waals surface area contributed by atoms with Crippen LogP contribution in [0.15, 0.2) is 0 Å². The minimum Gasteiger partial charge on any atom is -0.316 e. The molecule has 0 spiro atoms. The predicted octanol–water partition coefficient (Wildman–Crippen LogP) is 5.36. The molecule has 0 radical (unpaired) electrons. The van der Waals surface area contributed by atoms with Gasteiger partial charge in [-0.25, -0.2) is 0 Å². The van der Waals surface area contributed by atoms with E-state index in [4.69, 9.17) is 5.73 Å². The Morgan fingerprint density at radius 1 is 0.650 bits per heavy atom. The molecule has 0 saturated heterocycles. The standard InChI is InChI=1S/C18H40N2/c1-3-5-6-7-8-9-10-11-12-13-14-15-16-17-20-18(19)4-2/h18,20H,3-17,19H2,1-2H3. The van der Waals surface area contributed by atoms with Crippen molar-refractivity contribution >= 4 is 0 Å². The predicted molar refractivity (Wildman–Crippen MR) is 92.0 cm³/mol. The Bertz CT molecular complexity index is 171. The van der Waals surface area contributed by atoms with Gasteiger partial charge in [0.25, 0.3) is 0 Å². The summed E-state index contributed by atoms with van der Waals surface area (Å²) in [6.07, 6.45) is 19.7. The second-order valence-corrected chi connectivity index (χ2v) is 6.21. The van der Waals surface area contributed by atoms with Gasteiger partial charge in [0.15, 0.2) is 0 Å². The Morgan fingerprint density at radius 3 is 1.45 bits per heavy atom. The molecule has 0 bridgehead atoms. The average molecular weight is 285 g/mol. The molecule has 0 aromatic carbocycles. The van der Waals surface area contributed by atoms with Gasteiger partial charge in [0.1, 0.15) is 0 Å². The molecule has 0 aliphatic heterocycles. The number of nitrogens with one attached hydrogen (secondary N) is 1. The number of rotatable bonds is 16. The lowest BCUT2D eigenvalue weighted by Gasteiger charge is -2.10. The Hall–Kier alpha value is -0.0800. The quantitative estimate of drug-likeness (QED) is 0.296. The molecule has 0 aliphatic rings. The van der Waals surface area contributed by atoms with Crippen LogP contribution in [0, 0.1) is 0 Å². The molecule has 3 N–H and O–H groups in total. The normalized spacial score (nSPS) is 12.8. The highest BCUT2D eigenvalue weighted by atomic mass is 15.0. The first kappa shape index (κ1) is 19.9. The van der Waals surface area contributed by atoms with Crippen LogP contribution in [0.25, 0.3) is 0 Å². The third kappa shape index (κ3) is 16.0. The van der Waals surface area contributed by atoms with Crippen molar-refractivity contribution in [1.29, 1.82) is 0 Å². The molecule has 0 fully saturated rings. The molecule has 122 valence electrons. The second-order valence-electron chi connectivity index (χ2n) is 6.21. The Morgan fingerprint density at radius 2 is 1.05 bits per heavy atom. The fourth-order valence-electron chi connectivity index (χ4n) is 2.57. The molecular weight excluding hydrogens is 244 g/mol. The molecule has 0 aromatic heterocycles. The van der Waals surface area contributed by atoms with Crippen LogP contribution in [0.4, 0.5) is 0 Å². The highest BCUT2D eigenvalue weighted by Gasteiger charge is 1.96. The lowest BCUT2D eigenvalue weighted by atomic mass is 10.0. The fraction of sp³-hybridized carbons (Fsp3) is 1.00. The molecule has 0 rings (SSSR count). The Balaban J connectivity index is 2.96. The third-order valence-electron chi connectivity index (χ3n) is 4.13.